The minimum atomic E-state index is -3.85. The zero-order chi connectivity index (χ0) is 11.1. The van der Waals surface area contributed by atoms with E-state index in [1.807, 2.05) is 6.92 Å². The topological polar surface area (TPSA) is 84.9 Å². The number of halogens is 1. The highest BCUT2D eigenvalue weighted by Crippen LogP contribution is 2.27. The first-order valence-corrected chi connectivity index (χ1v) is 6.76. The highest BCUT2D eigenvalue weighted by atomic mass is 35.7. The fourth-order valence-corrected chi connectivity index (χ4v) is 2.13. The number of ether oxygens (including phenoxy) is 1. The molecule has 2 atom stereocenters. The van der Waals surface area contributed by atoms with E-state index >= 15 is 0 Å². The lowest BCUT2D eigenvalue weighted by atomic mass is 10.1. The van der Waals surface area contributed by atoms with Gasteiger partial charge in [-0.1, -0.05) is 0 Å². The van der Waals surface area contributed by atoms with Crippen molar-refractivity contribution in [2.75, 3.05) is 6.61 Å². The van der Waals surface area contributed by atoms with E-state index in [9.17, 15) is 8.42 Å². The highest BCUT2D eigenvalue weighted by molar-refractivity contribution is 8.13. The van der Waals surface area contributed by atoms with Crippen LogP contribution < -0.4 is 0 Å². The summed E-state index contributed by atoms with van der Waals surface area (Å²) in [6, 6.07) is 0. The van der Waals surface area contributed by atoms with Crippen molar-refractivity contribution in [2.45, 2.75) is 30.5 Å². The number of aromatic amines is 1. The smallest absolute Gasteiger partial charge is 0.298 e. The van der Waals surface area contributed by atoms with Crippen LogP contribution in [0.4, 0.5) is 0 Å². The summed E-state index contributed by atoms with van der Waals surface area (Å²) in [6.45, 7) is 2.48. The summed E-state index contributed by atoms with van der Waals surface area (Å²) in [5, 5.41) is 5.74. The van der Waals surface area contributed by atoms with E-state index in [0.29, 0.717) is 12.4 Å². The SMILES string of the molecule is CC1CC(c2nc(S(=O)(=O)Cl)n[nH]2)CO1. The maximum Gasteiger partial charge on any atom is 0.298 e. The van der Waals surface area contributed by atoms with Crippen LogP contribution in [0.15, 0.2) is 5.16 Å². The van der Waals surface area contributed by atoms with Crippen molar-refractivity contribution < 1.29 is 13.2 Å². The minimum Gasteiger partial charge on any atom is -0.378 e. The van der Waals surface area contributed by atoms with Gasteiger partial charge >= 0.3 is 0 Å². The molecule has 2 heterocycles. The third kappa shape index (κ3) is 2.30. The molecule has 2 rings (SSSR count). The molecule has 1 N–H and O–H groups in total. The fraction of sp³-hybridized carbons (Fsp3) is 0.714. The lowest BCUT2D eigenvalue weighted by molar-refractivity contribution is 0.123. The molecule has 0 amide bonds. The van der Waals surface area contributed by atoms with Gasteiger partial charge in [0.05, 0.1) is 12.7 Å². The third-order valence-electron chi connectivity index (χ3n) is 2.29. The van der Waals surface area contributed by atoms with Crippen molar-refractivity contribution in [3.63, 3.8) is 0 Å². The van der Waals surface area contributed by atoms with Gasteiger partial charge in [0.1, 0.15) is 5.82 Å². The summed E-state index contributed by atoms with van der Waals surface area (Å²) in [5.74, 6) is 0.582. The zero-order valence-electron chi connectivity index (χ0n) is 7.97. The molecule has 2 unspecified atom stereocenters. The standard InChI is InChI=1S/C7H10ClN3O3S/c1-4-2-5(3-14-4)6-9-7(11-10-6)15(8,12)13/h4-5H,2-3H2,1H3,(H,9,10,11). The average Bonchev–Trinajstić information content (AvgIpc) is 2.69. The molecular weight excluding hydrogens is 242 g/mol. The predicted molar refractivity (Wildman–Crippen MR) is 52.2 cm³/mol. The summed E-state index contributed by atoms with van der Waals surface area (Å²) in [7, 11) is 1.26. The Hall–Kier alpha value is -0.660. The quantitative estimate of drug-likeness (QED) is 0.779. The third-order valence-corrected chi connectivity index (χ3v) is 3.32. The molecular formula is C7H10ClN3O3S. The summed E-state index contributed by atoms with van der Waals surface area (Å²) in [4.78, 5) is 3.83. The molecule has 0 radical (unpaired) electrons. The van der Waals surface area contributed by atoms with Gasteiger partial charge in [0, 0.05) is 16.6 Å². The van der Waals surface area contributed by atoms with Crippen LogP contribution in [0.5, 0.6) is 0 Å². The van der Waals surface area contributed by atoms with Crippen molar-refractivity contribution >= 4 is 19.7 Å². The number of aromatic nitrogens is 3. The largest absolute Gasteiger partial charge is 0.378 e. The van der Waals surface area contributed by atoms with Crippen molar-refractivity contribution in [3.8, 4) is 0 Å². The maximum absolute atomic E-state index is 10.9. The van der Waals surface area contributed by atoms with E-state index in [4.69, 9.17) is 15.4 Å². The van der Waals surface area contributed by atoms with Crippen LogP contribution in [0.25, 0.3) is 0 Å². The molecule has 1 aliphatic heterocycles. The first-order valence-electron chi connectivity index (χ1n) is 4.45. The summed E-state index contributed by atoms with van der Waals surface area (Å²) < 4.78 is 27.2. The zero-order valence-corrected chi connectivity index (χ0v) is 9.55. The first-order chi connectivity index (χ1) is 6.97. The van der Waals surface area contributed by atoms with Gasteiger partial charge in [-0.05, 0) is 13.3 Å². The lowest BCUT2D eigenvalue weighted by Gasteiger charge is -2.00. The Labute approximate surface area is 91.4 Å². The van der Waals surface area contributed by atoms with Crippen LogP contribution in [0, 0.1) is 0 Å². The fourth-order valence-electron chi connectivity index (χ4n) is 1.56. The van der Waals surface area contributed by atoms with Crippen molar-refractivity contribution in [1.29, 1.82) is 0 Å². The van der Waals surface area contributed by atoms with Gasteiger partial charge < -0.3 is 4.74 Å². The van der Waals surface area contributed by atoms with Crippen LogP contribution in [0.1, 0.15) is 25.1 Å². The Morgan fingerprint density at radius 2 is 2.33 bits per heavy atom. The number of hydrogen-bond acceptors (Lipinski definition) is 5. The molecule has 84 valence electrons. The van der Waals surface area contributed by atoms with Crippen LogP contribution in [-0.4, -0.2) is 36.3 Å². The molecule has 0 aliphatic carbocycles. The van der Waals surface area contributed by atoms with Crippen molar-refractivity contribution in [1.82, 2.24) is 15.2 Å². The molecule has 1 aromatic heterocycles. The molecule has 1 fully saturated rings. The molecule has 0 saturated carbocycles. The van der Waals surface area contributed by atoms with Crippen LogP contribution in [-0.2, 0) is 13.8 Å². The van der Waals surface area contributed by atoms with Gasteiger partial charge in [-0.2, -0.15) is 0 Å². The second-order valence-electron chi connectivity index (χ2n) is 3.52. The van der Waals surface area contributed by atoms with E-state index in [0.717, 1.165) is 6.42 Å². The predicted octanol–water partition coefficient (Wildman–Crippen LogP) is 0.625. The van der Waals surface area contributed by atoms with Gasteiger partial charge in [0.15, 0.2) is 0 Å². The molecule has 1 saturated heterocycles. The molecule has 6 nitrogen and oxygen atoms in total. The van der Waals surface area contributed by atoms with Gasteiger partial charge in [-0.25, -0.2) is 13.4 Å². The molecule has 1 aromatic rings. The highest BCUT2D eigenvalue weighted by Gasteiger charge is 2.28. The summed E-state index contributed by atoms with van der Waals surface area (Å²) in [6.07, 6.45) is 0.966. The molecule has 0 aromatic carbocycles. The Morgan fingerprint density at radius 1 is 1.60 bits per heavy atom. The minimum absolute atomic E-state index is 0.0691. The Kier molecular flexibility index (Phi) is 2.70. The van der Waals surface area contributed by atoms with Crippen LogP contribution >= 0.6 is 10.7 Å². The monoisotopic (exact) mass is 251 g/mol. The maximum atomic E-state index is 10.9. The van der Waals surface area contributed by atoms with E-state index in [-0.39, 0.29) is 17.2 Å². The second-order valence-corrected chi connectivity index (χ2v) is 5.98. The molecule has 8 heteroatoms. The van der Waals surface area contributed by atoms with E-state index in [1.54, 1.807) is 0 Å². The Bertz CT molecular complexity index is 458. The Morgan fingerprint density at radius 3 is 2.80 bits per heavy atom. The summed E-state index contributed by atoms with van der Waals surface area (Å²) >= 11 is 0. The first kappa shape index (κ1) is 10.8. The van der Waals surface area contributed by atoms with Crippen LogP contribution in [0.2, 0.25) is 0 Å². The second kappa shape index (κ2) is 3.73. The average molecular weight is 252 g/mol. The number of H-pyrrole nitrogens is 1. The molecule has 15 heavy (non-hydrogen) atoms. The van der Waals surface area contributed by atoms with Gasteiger partial charge in [0.2, 0.25) is 0 Å². The van der Waals surface area contributed by atoms with Crippen molar-refractivity contribution in [3.05, 3.63) is 5.82 Å². The number of hydrogen-bond donors (Lipinski definition) is 1. The van der Waals surface area contributed by atoms with E-state index in [1.165, 1.54) is 0 Å². The van der Waals surface area contributed by atoms with Crippen molar-refractivity contribution in [2.24, 2.45) is 0 Å². The molecule has 1 aliphatic rings. The Balaban J connectivity index is 2.21. The number of nitrogens with zero attached hydrogens (tertiary/aromatic N) is 2. The normalized spacial score (nSPS) is 27.1. The molecule has 0 bridgehead atoms. The summed E-state index contributed by atoms with van der Waals surface area (Å²) in [5.41, 5.74) is 0. The molecule has 0 spiro atoms. The lowest BCUT2D eigenvalue weighted by Crippen LogP contribution is -2.01. The van der Waals surface area contributed by atoms with E-state index < -0.39 is 9.05 Å². The van der Waals surface area contributed by atoms with Crippen LogP contribution in [0.3, 0.4) is 0 Å². The number of rotatable bonds is 2. The number of nitrogens with one attached hydrogen (secondary N) is 1. The van der Waals surface area contributed by atoms with Gasteiger partial charge in [0.25, 0.3) is 14.2 Å². The van der Waals surface area contributed by atoms with Gasteiger partial charge in [-0.3, -0.25) is 5.10 Å². The van der Waals surface area contributed by atoms with Gasteiger partial charge in [-0.15, -0.1) is 5.10 Å². The van der Waals surface area contributed by atoms with E-state index in [2.05, 4.69) is 15.2 Å².